The first kappa shape index (κ1) is 12.4. The van der Waals surface area contributed by atoms with E-state index in [9.17, 15) is 9.59 Å². The molecule has 0 bridgehead atoms. The third-order valence-electron chi connectivity index (χ3n) is 3.15. The second-order valence-electron chi connectivity index (χ2n) is 4.94. The first-order valence-corrected chi connectivity index (χ1v) is 5.83. The second kappa shape index (κ2) is 4.33. The van der Waals surface area contributed by atoms with Crippen molar-refractivity contribution < 1.29 is 14.7 Å². The predicted octanol–water partition coefficient (Wildman–Crippen LogP) is 2.37. The Morgan fingerprint density at radius 1 is 1.33 bits per heavy atom. The summed E-state index contributed by atoms with van der Waals surface area (Å²) in [7, 11) is 0. The number of hydrogen-bond donors (Lipinski definition) is 3. The maximum absolute atomic E-state index is 11.7. The number of anilines is 1. The van der Waals surface area contributed by atoms with Crippen LogP contribution in [-0.2, 0) is 0 Å². The fourth-order valence-corrected chi connectivity index (χ4v) is 1.80. The van der Waals surface area contributed by atoms with E-state index < -0.39 is 5.97 Å². The highest BCUT2D eigenvalue weighted by atomic mass is 16.4. The van der Waals surface area contributed by atoms with E-state index in [-0.39, 0.29) is 17.1 Å². The number of carboxylic acids is 1. The zero-order valence-corrected chi connectivity index (χ0v) is 10.4. The number of benzene rings is 1. The highest BCUT2D eigenvalue weighted by molar-refractivity contribution is 6.01. The highest BCUT2D eigenvalue weighted by Crippen LogP contribution is 2.34. The van der Waals surface area contributed by atoms with Crippen LogP contribution in [0.1, 0.15) is 35.7 Å². The lowest BCUT2D eigenvalue weighted by Crippen LogP contribution is -2.37. The number of amides is 2. The molecule has 0 spiro atoms. The molecule has 5 nitrogen and oxygen atoms in total. The third kappa shape index (κ3) is 2.61. The quantitative estimate of drug-likeness (QED) is 0.768. The molecule has 0 heterocycles. The number of nitrogens with one attached hydrogen (secondary N) is 2. The molecule has 2 rings (SSSR count). The number of carbonyl (C=O) groups is 2. The van der Waals surface area contributed by atoms with E-state index in [1.165, 1.54) is 0 Å². The topological polar surface area (TPSA) is 78.4 Å². The van der Waals surface area contributed by atoms with Gasteiger partial charge in [-0.2, -0.15) is 0 Å². The van der Waals surface area contributed by atoms with E-state index in [4.69, 9.17) is 5.11 Å². The van der Waals surface area contributed by atoms with Gasteiger partial charge >= 0.3 is 12.0 Å². The van der Waals surface area contributed by atoms with Crippen molar-refractivity contribution >= 4 is 17.7 Å². The molecular formula is C13H16N2O3. The summed E-state index contributed by atoms with van der Waals surface area (Å²) in [5, 5.41) is 14.6. The van der Waals surface area contributed by atoms with Crippen LogP contribution in [0.3, 0.4) is 0 Å². The standard InChI is InChI=1S/C13H16N2O3/c1-8-4-3-5-9(10(8)11(16)17)14-12(18)15-13(2)6-7-13/h3-5H,6-7H2,1-2H3,(H,16,17)(H2,14,15,18). The normalized spacial score (nSPS) is 15.9. The van der Waals surface area contributed by atoms with E-state index in [0.29, 0.717) is 11.3 Å². The van der Waals surface area contributed by atoms with Crippen molar-refractivity contribution in [1.29, 1.82) is 0 Å². The Kier molecular flexibility index (Phi) is 2.98. The summed E-state index contributed by atoms with van der Waals surface area (Å²) < 4.78 is 0. The second-order valence-corrected chi connectivity index (χ2v) is 4.94. The third-order valence-corrected chi connectivity index (χ3v) is 3.15. The van der Waals surface area contributed by atoms with Gasteiger partial charge < -0.3 is 15.7 Å². The fraction of sp³-hybridized carbons (Fsp3) is 0.385. The minimum atomic E-state index is -1.04. The van der Waals surface area contributed by atoms with Gasteiger partial charge in [0.05, 0.1) is 11.3 Å². The van der Waals surface area contributed by atoms with E-state index in [1.54, 1.807) is 25.1 Å². The molecule has 1 aliphatic carbocycles. The number of carboxylic acid groups (broad SMARTS) is 1. The number of rotatable bonds is 3. The molecule has 1 fully saturated rings. The summed E-state index contributed by atoms with van der Waals surface area (Å²) in [6, 6.07) is 4.65. The molecule has 0 aromatic heterocycles. The molecule has 96 valence electrons. The van der Waals surface area contributed by atoms with Crippen molar-refractivity contribution in [2.75, 3.05) is 5.32 Å². The summed E-state index contributed by atoms with van der Waals surface area (Å²) in [6.45, 7) is 3.66. The van der Waals surface area contributed by atoms with Gasteiger partial charge in [-0.1, -0.05) is 12.1 Å². The number of aromatic carboxylic acids is 1. The van der Waals surface area contributed by atoms with Gasteiger partial charge in [0.1, 0.15) is 0 Å². The maximum Gasteiger partial charge on any atom is 0.338 e. The fourth-order valence-electron chi connectivity index (χ4n) is 1.80. The molecule has 3 N–H and O–H groups in total. The van der Waals surface area contributed by atoms with Crippen LogP contribution >= 0.6 is 0 Å². The van der Waals surface area contributed by atoms with Crippen molar-refractivity contribution in [3.8, 4) is 0 Å². The van der Waals surface area contributed by atoms with Crippen LogP contribution in [0.5, 0.6) is 0 Å². The number of aryl methyl sites for hydroxylation is 1. The summed E-state index contributed by atoms with van der Waals surface area (Å²) >= 11 is 0. The van der Waals surface area contributed by atoms with Crippen LogP contribution in [0.25, 0.3) is 0 Å². The zero-order valence-electron chi connectivity index (χ0n) is 10.4. The lowest BCUT2D eigenvalue weighted by molar-refractivity contribution is 0.0697. The minimum Gasteiger partial charge on any atom is -0.478 e. The summed E-state index contributed by atoms with van der Waals surface area (Å²) in [6.07, 6.45) is 1.92. The predicted molar refractivity (Wildman–Crippen MR) is 67.9 cm³/mol. The molecule has 0 saturated heterocycles. The van der Waals surface area contributed by atoms with Crippen molar-refractivity contribution in [3.63, 3.8) is 0 Å². The molecule has 0 unspecified atom stereocenters. The molecule has 18 heavy (non-hydrogen) atoms. The first-order chi connectivity index (χ1) is 8.41. The van der Waals surface area contributed by atoms with Gasteiger partial charge in [-0.3, -0.25) is 0 Å². The van der Waals surface area contributed by atoms with Crippen molar-refractivity contribution in [2.45, 2.75) is 32.2 Å². The molecule has 1 saturated carbocycles. The minimum absolute atomic E-state index is 0.128. The number of urea groups is 1. The lowest BCUT2D eigenvalue weighted by Gasteiger charge is -2.14. The van der Waals surface area contributed by atoms with Crippen LogP contribution < -0.4 is 10.6 Å². The van der Waals surface area contributed by atoms with Crippen molar-refractivity contribution in [1.82, 2.24) is 5.32 Å². The van der Waals surface area contributed by atoms with Crippen LogP contribution in [0.2, 0.25) is 0 Å². The Labute approximate surface area is 105 Å². The molecule has 0 atom stereocenters. The summed E-state index contributed by atoms with van der Waals surface area (Å²) in [5.41, 5.74) is 0.952. The monoisotopic (exact) mass is 248 g/mol. The molecule has 2 amide bonds. The van der Waals surface area contributed by atoms with Gasteiger partial charge in [0.15, 0.2) is 0 Å². The average molecular weight is 248 g/mol. The molecule has 0 aliphatic heterocycles. The van der Waals surface area contributed by atoms with Gasteiger partial charge in [0.2, 0.25) is 0 Å². The van der Waals surface area contributed by atoms with Gasteiger partial charge in [-0.15, -0.1) is 0 Å². The van der Waals surface area contributed by atoms with E-state index in [2.05, 4.69) is 10.6 Å². The first-order valence-electron chi connectivity index (χ1n) is 5.83. The van der Waals surface area contributed by atoms with Crippen LogP contribution in [-0.4, -0.2) is 22.6 Å². The van der Waals surface area contributed by atoms with E-state index in [1.807, 2.05) is 6.92 Å². The Hall–Kier alpha value is -2.04. The van der Waals surface area contributed by atoms with Crippen LogP contribution in [0.15, 0.2) is 18.2 Å². The molecule has 0 radical (unpaired) electrons. The molecular weight excluding hydrogens is 232 g/mol. The van der Waals surface area contributed by atoms with Gasteiger partial charge in [0.25, 0.3) is 0 Å². The maximum atomic E-state index is 11.7. The molecule has 5 heteroatoms. The Morgan fingerprint density at radius 3 is 2.56 bits per heavy atom. The number of hydrogen-bond acceptors (Lipinski definition) is 2. The number of carbonyl (C=O) groups excluding carboxylic acids is 1. The Balaban J connectivity index is 2.15. The van der Waals surface area contributed by atoms with Crippen LogP contribution in [0.4, 0.5) is 10.5 Å². The molecule has 1 aromatic rings. The van der Waals surface area contributed by atoms with E-state index in [0.717, 1.165) is 12.8 Å². The average Bonchev–Trinajstić information content (AvgIpc) is 2.94. The summed E-state index contributed by atoms with van der Waals surface area (Å²) in [5.74, 6) is -1.04. The SMILES string of the molecule is Cc1cccc(NC(=O)NC2(C)CC2)c1C(=O)O. The van der Waals surface area contributed by atoms with Gasteiger partial charge in [-0.05, 0) is 38.3 Å². The van der Waals surface area contributed by atoms with Crippen LogP contribution in [0, 0.1) is 6.92 Å². The summed E-state index contributed by atoms with van der Waals surface area (Å²) in [4.78, 5) is 22.9. The smallest absolute Gasteiger partial charge is 0.338 e. The Morgan fingerprint density at radius 2 is 2.00 bits per heavy atom. The lowest BCUT2D eigenvalue weighted by atomic mass is 10.1. The largest absolute Gasteiger partial charge is 0.478 e. The van der Waals surface area contributed by atoms with Crippen molar-refractivity contribution in [3.05, 3.63) is 29.3 Å². The highest BCUT2D eigenvalue weighted by Gasteiger charge is 2.38. The molecule has 1 aliphatic rings. The van der Waals surface area contributed by atoms with Gasteiger partial charge in [0, 0.05) is 5.54 Å². The van der Waals surface area contributed by atoms with E-state index >= 15 is 0 Å². The van der Waals surface area contributed by atoms with Gasteiger partial charge in [-0.25, -0.2) is 9.59 Å². The van der Waals surface area contributed by atoms with Crippen molar-refractivity contribution in [2.24, 2.45) is 0 Å². The zero-order chi connectivity index (χ0) is 13.3. The Bertz CT molecular complexity index is 507. The molecule has 1 aromatic carbocycles.